The number of aromatic nitrogens is 1. The van der Waals surface area contributed by atoms with E-state index in [1.807, 2.05) is 20.1 Å². The standard InChI is InChI=1S/C18H11Cl2F3N2OS2.C2H6/c1-27-10-3-5-12(14(20)7-10)16(26)24-9-2-4-11(13(19)6-9)15-8-28-17(25-15)18(21,22)23;1-2/h2-8H,1H3,(H,24,26);1-2H3. The molecule has 0 aliphatic heterocycles. The van der Waals surface area contributed by atoms with Gasteiger partial charge in [0.05, 0.1) is 21.3 Å². The number of nitrogens with zero attached hydrogens (tertiary/aromatic N) is 1. The Kier molecular flexibility index (Phi) is 8.61. The number of benzene rings is 2. The maximum atomic E-state index is 12.7. The monoisotopic (exact) mass is 492 g/mol. The molecule has 0 unspecified atom stereocenters. The van der Waals surface area contributed by atoms with Crippen molar-refractivity contribution in [1.29, 1.82) is 0 Å². The third-order valence-electron chi connectivity index (χ3n) is 3.67. The normalized spacial score (nSPS) is 10.9. The van der Waals surface area contributed by atoms with Gasteiger partial charge in [-0.15, -0.1) is 23.1 Å². The summed E-state index contributed by atoms with van der Waals surface area (Å²) >= 11 is 14.3. The minimum Gasteiger partial charge on any atom is -0.322 e. The molecule has 0 aliphatic rings. The molecule has 0 aliphatic carbocycles. The van der Waals surface area contributed by atoms with Crippen LogP contribution < -0.4 is 5.32 Å². The lowest BCUT2D eigenvalue weighted by Gasteiger charge is -2.09. The van der Waals surface area contributed by atoms with E-state index in [1.165, 1.54) is 35.3 Å². The van der Waals surface area contributed by atoms with Crippen LogP contribution in [-0.2, 0) is 6.18 Å². The second-order valence-corrected chi connectivity index (χ2v) is 8.08. The number of rotatable bonds is 4. The van der Waals surface area contributed by atoms with Crippen LogP contribution in [0.15, 0.2) is 46.7 Å². The van der Waals surface area contributed by atoms with E-state index < -0.39 is 17.1 Å². The van der Waals surface area contributed by atoms with E-state index in [2.05, 4.69) is 10.3 Å². The lowest BCUT2D eigenvalue weighted by molar-refractivity contribution is -0.137. The number of alkyl halides is 3. The predicted octanol–water partition coefficient (Wildman–Crippen LogP) is 8.14. The number of thioether (sulfide) groups is 1. The van der Waals surface area contributed by atoms with Crippen molar-refractivity contribution in [2.45, 2.75) is 24.9 Å². The van der Waals surface area contributed by atoms with Gasteiger partial charge >= 0.3 is 6.18 Å². The van der Waals surface area contributed by atoms with Crippen molar-refractivity contribution < 1.29 is 18.0 Å². The number of hydrogen-bond donors (Lipinski definition) is 1. The van der Waals surface area contributed by atoms with Crippen LogP contribution >= 0.6 is 46.3 Å². The first-order valence-corrected chi connectivity index (χ1v) is 11.5. The van der Waals surface area contributed by atoms with Gasteiger partial charge in [-0.3, -0.25) is 4.79 Å². The third-order valence-corrected chi connectivity index (χ3v) is 5.91. The van der Waals surface area contributed by atoms with Crippen molar-refractivity contribution in [3.8, 4) is 11.3 Å². The molecule has 1 aromatic heterocycles. The summed E-state index contributed by atoms with van der Waals surface area (Å²) in [6, 6.07) is 9.58. The summed E-state index contributed by atoms with van der Waals surface area (Å²) in [5, 5.41) is 3.50. The molecule has 1 amide bonds. The average Bonchev–Trinajstić information content (AvgIpc) is 3.20. The summed E-state index contributed by atoms with van der Waals surface area (Å²) in [6.07, 6.45) is -2.61. The van der Waals surface area contributed by atoms with Gasteiger partial charge in [-0.25, -0.2) is 4.98 Å². The maximum Gasteiger partial charge on any atom is 0.443 e. The molecule has 0 fully saturated rings. The number of halogens is 5. The van der Waals surface area contributed by atoms with Crippen LogP contribution in [0, 0.1) is 0 Å². The first-order chi connectivity index (χ1) is 14.2. The van der Waals surface area contributed by atoms with E-state index >= 15 is 0 Å². The van der Waals surface area contributed by atoms with Gasteiger partial charge < -0.3 is 5.32 Å². The van der Waals surface area contributed by atoms with Gasteiger partial charge in [-0.05, 0) is 42.7 Å². The molecule has 30 heavy (non-hydrogen) atoms. The van der Waals surface area contributed by atoms with Gasteiger partial charge in [-0.2, -0.15) is 13.2 Å². The van der Waals surface area contributed by atoms with Crippen molar-refractivity contribution in [3.05, 3.63) is 62.4 Å². The SMILES string of the molecule is CC.CSc1ccc(C(=O)Nc2ccc(-c3csc(C(F)(F)F)n3)c(Cl)c2)c(Cl)c1. The Morgan fingerprint density at radius 3 is 2.33 bits per heavy atom. The summed E-state index contributed by atoms with van der Waals surface area (Å²) < 4.78 is 38.2. The summed E-state index contributed by atoms with van der Waals surface area (Å²) in [7, 11) is 0. The highest BCUT2D eigenvalue weighted by Crippen LogP contribution is 2.37. The van der Waals surface area contributed by atoms with Gasteiger partial charge in [0.2, 0.25) is 0 Å². The first-order valence-electron chi connectivity index (χ1n) is 8.66. The molecular weight excluding hydrogens is 476 g/mol. The number of amides is 1. The Hall–Kier alpha value is -1.74. The Balaban J connectivity index is 0.00000155. The molecule has 10 heteroatoms. The zero-order valence-electron chi connectivity index (χ0n) is 16.1. The molecule has 0 radical (unpaired) electrons. The molecule has 0 bridgehead atoms. The van der Waals surface area contributed by atoms with Crippen molar-refractivity contribution >= 4 is 57.9 Å². The van der Waals surface area contributed by atoms with E-state index in [4.69, 9.17) is 23.2 Å². The molecule has 1 N–H and O–H groups in total. The van der Waals surface area contributed by atoms with Crippen molar-refractivity contribution in [2.75, 3.05) is 11.6 Å². The van der Waals surface area contributed by atoms with Crippen molar-refractivity contribution in [2.24, 2.45) is 0 Å². The Morgan fingerprint density at radius 2 is 1.80 bits per heavy atom. The second-order valence-electron chi connectivity index (χ2n) is 5.53. The number of carbonyl (C=O) groups excluding carboxylic acids is 1. The van der Waals surface area contributed by atoms with Gasteiger partial charge in [0.1, 0.15) is 0 Å². The number of anilines is 1. The lowest BCUT2D eigenvalue weighted by Crippen LogP contribution is -2.12. The smallest absolute Gasteiger partial charge is 0.322 e. The Morgan fingerprint density at radius 1 is 1.10 bits per heavy atom. The fourth-order valence-corrected chi connectivity index (χ4v) is 4.07. The number of carbonyl (C=O) groups is 1. The summed E-state index contributed by atoms with van der Waals surface area (Å²) in [5.41, 5.74) is 1.15. The van der Waals surface area contributed by atoms with Crippen LogP contribution in [0.4, 0.5) is 18.9 Å². The topological polar surface area (TPSA) is 42.0 Å². The highest BCUT2D eigenvalue weighted by Gasteiger charge is 2.34. The summed E-state index contributed by atoms with van der Waals surface area (Å²) in [6.45, 7) is 4.00. The molecule has 3 aromatic rings. The molecule has 3 rings (SSSR count). The molecular formula is C20H17Cl2F3N2OS2. The highest BCUT2D eigenvalue weighted by molar-refractivity contribution is 7.98. The molecule has 0 atom stereocenters. The summed E-state index contributed by atoms with van der Waals surface area (Å²) in [5.74, 6) is -0.422. The number of thiazole rings is 1. The molecule has 0 saturated carbocycles. The van der Waals surface area contributed by atoms with Gasteiger partial charge in [-0.1, -0.05) is 37.0 Å². The van der Waals surface area contributed by atoms with Gasteiger partial charge in [0.15, 0.2) is 5.01 Å². The fourth-order valence-electron chi connectivity index (χ4n) is 2.33. The van der Waals surface area contributed by atoms with Crippen LogP contribution in [0.5, 0.6) is 0 Å². The van der Waals surface area contributed by atoms with Gasteiger partial charge in [0, 0.05) is 21.5 Å². The van der Waals surface area contributed by atoms with Gasteiger partial charge in [0.25, 0.3) is 5.91 Å². The molecule has 1 heterocycles. The van der Waals surface area contributed by atoms with E-state index in [9.17, 15) is 18.0 Å². The van der Waals surface area contributed by atoms with E-state index in [-0.39, 0.29) is 10.7 Å². The van der Waals surface area contributed by atoms with Crippen LogP contribution in [-0.4, -0.2) is 17.1 Å². The second kappa shape index (κ2) is 10.5. The molecule has 2 aromatic carbocycles. The molecule has 0 spiro atoms. The third kappa shape index (κ3) is 5.91. The van der Waals surface area contributed by atoms with Crippen LogP contribution in [0.1, 0.15) is 29.2 Å². The Bertz CT molecular complexity index is 1040. The van der Waals surface area contributed by atoms with E-state index in [0.717, 1.165) is 4.90 Å². The number of nitrogens with one attached hydrogen (secondary N) is 1. The van der Waals surface area contributed by atoms with Crippen LogP contribution in [0.3, 0.4) is 0 Å². The quantitative estimate of drug-likeness (QED) is 0.373. The molecule has 0 saturated heterocycles. The minimum absolute atomic E-state index is 0.121. The minimum atomic E-state index is -4.51. The van der Waals surface area contributed by atoms with E-state index in [1.54, 1.807) is 18.2 Å². The van der Waals surface area contributed by atoms with Crippen LogP contribution in [0.25, 0.3) is 11.3 Å². The maximum absolute atomic E-state index is 12.7. The largest absolute Gasteiger partial charge is 0.443 e. The summed E-state index contributed by atoms with van der Waals surface area (Å²) in [4.78, 5) is 16.9. The molecule has 3 nitrogen and oxygen atoms in total. The van der Waals surface area contributed by atoms with Crippen LogP contribution in [0.2, 0.25) is 10.0 Å². The first kappa shape index (κ1) is 24.5. The zero-order chi connectivity index (χ0) is 22.5. The number of hydrogen-bond acceptors (Lipinski definition) is 4. The lowest BCUT2D eigenvalue weighted by atomic mass is 10.1. The predicted molar refractivity (Wildman–Crippen MR) is 120 cm³/mol. The Labute approximate surface area is 190 Å². The average molecular weight is 493 g/mol. The zero-order valence-corrected chi connectivity index (χ0v) is 19.2. The molecule has 160 valence electrons. The van der Waals surface area contributed by atoms with Crippen molar-refractivity contribution in [1.82, 2.24) is 4.98 Å². The fraction of sp³-hybridized carbons (Fsp3) is 0.200. The van der Waals surface area contributed by atoms with E-state index in [0.29, 0.717) is 33.2 Å². The highest BCUT2D eigenvalue weighted by atomic mass is 35.5. The van der Waals surface area contributed by atoms with Crippen molar-refractivity contribution in [3.63, 3.8) is 0 Å².